The zero-order valence-electron chi connectivity index (χ0n) is 14.7. The molecular formula is C22H30O. The second kappa shape index (κ2) is 7.81. The monoisotopic (exact) mass is 310 g/mol. The molecule has 0 aromatic rings. The van der Waals surface area contributed by atoms with Crippen LogP contribution in [0.3, 0.4) is 0 Å². The van der Waals surface area contributed by atoms with Gasteiger partial charge in [0.2, 0.25) is 0 Å². The van der Waals surface area contributed by atoms with E-state index in [0.717, 1.165) is 18.4 Å². The number of rotatable bonds is 6. The highest BCUT2D eigenvalue weighted by molar-refractivity contribution is 5.46. The molecule has 23 heavy (non-hydrogen) atoms. The summed E-state index contributed by atoms with van der Waals surface area (Å²) in [5, 5.41) is 9.55. The maximum absolute atomic E-state index is 9.55. The Morgan fingerprint density at radius 2 is 2.22 bits per heavy atom. The molecule has 1 nitrogen and oxygen atoms in total. The number of hydrogen-bond donors (Lipinski definition) is 1. The maximum atomic E-state index is 9.55. The Morgan fingerprint density at radius 3 is 2.83 bits per heavy atom. The molecule has 2 aliphatic rings. The van der Waals surface area contributed by atoms with E-state index in [-0.39, 0.29) is 6.10 Å². The van der Waals surface area contributed by atoms with Crippen molar-refractivity contribution < 1.29 is 5.11 Å². The van der Waals surface area contributed by atoms with Crippen LogP contribution >= 0.6 is 0 Å². The van der Waals surface area contributed by atoms with E-state index in [1.54, 1.807) is 0 Å². The lowest BCUT2D eigenvalue weighted by molar-refractivity contribution is -0.00176. The highest BCUT2D eigenvalue weighted by atomic mass is 16.3. The Balaban J connectivity index is 1.93. The van der Waals surface area contributed by atoms with Crippen molar-refractivity contribution in [2.24, 2.45) is 29.6 Å². The first-order valence-electron chi connectivity index (χ1n) is 8.75. The maximum Gasteiger partial charge on any atom is 0.0577 e. The van der Waals surface area contributed by atoms with Crippen molar-refractivity contribution in [1.29, 1.82) is 0 Å². The summed E-state index contributed by atoms with van der Waals surface area (Å²) in [5.74, 6) is 2.44. The van der Waals surface area contributed by atoms with Gasteiger partial charge in [-0.2, -0.15) is 0 Å². The van der Waals surface area contributed by atoms with Gasteiger partial charge in [0.1, 0.15) is 0 Å². The van der Waals surface area contributed by atoms with E-state index >= 15 is 0 Å². The molecule has 0 aromatic carbocycles. The van der Waals surface area contributed by atoms with Crippen LogP contribution in [0.2, 0.25) is 0 Å². The van der Waals surface area contributed by atoms with E-state index in [0.29, 0.717) is 29.6 Å². The van der Waals surface area contributed by atoms with Crippen molar-refractivity contribution in [2.45, 2.75) is 39.7 Å². The van der Waals surface area contributed by atoms with Gasteiger partial charge >= 0.3 is 0 Å². The molecule has 0 spiro atoms. The van der Waals surface area contributed by atoms with E-state index in [4.69, 9.17) is 0 Å². The van der Waals surface area contributed by atoms with Crippen molar-refractivity contribution in [3.05, 3.63) is 66.5 Å². The summed E-state index contributed by atoms with van der Waals surface area (Å²) in [7, 11) is 0. The Hall–Kier alpha value is -1.56. The molecule has 1 fully saturated rings. The van der Waals surface area contributed by atoms with Crippen molar-refractivity contribution >= 4 is 0 Å². The van der Waals surface area contributed by atoms with E-state index < -0.39 is 0 Å². The molecule has 5 unspecified atom stereocenters. The predicted octanol–water partition coefficient (Wildman–Crippen LogP) is 5.23. The molecule has 1 N–H and O–H groups in total. The number of aliphatic hydroxyl groups excluding tert-OH is 1. The van der Waals surface area contributed by atoms with Crippen molar-refractivity contribution in [3.63, 3.8) is 0 Å². The standard InChI is InChI=1S/C22H30O/c1-6-16(3)19-11-10-17(4)21(13-19)12-15(2)8-7-9-20-14-22(23)18(20)5/h6,8-11,13,15,17-18,20-23H,1,3,12,14H2,2,4-5H3/t7?,15?,17?,18?,20?,21?,22-/m1/s1. The van der Waals surface area contributed by atoms with Crippen LogP contribution in [0.1, 0.15) is 33.6 Å². The van der Waals surface area contributed by atoms with Crippen LogP contribution in [0.15, 0.2) is 66.5 Å². The van der Waals surface area contributed by atoms with Crippen molar-refractivity contribution in [3.8, 4) is 0 Å². The molecule has 0 heterocycles. The summed E-state index contributed by atoms with van der Waals surface area (Å²) < 4.78 is 0. The molecule has 1 heteroatoms. The molecule has 124 valence electrons. The Labute approximate surface area is 141 Å². The van der Waals surface area contributed by atoms with Crippen LogP contribution in [0.4, 0.5) is 0 Å². The minimum atomic E-state index is -0.119. The molecule has 6 atom stereocenters. The third kappa shape index (κ3) is 4.47. The van der Waals surface area contributed by atoms with Gasteiger partial charge in [-0.1, -0.05) is 58.2 Å². The molecule has 0 saturated heterocycles. The van der Waals surface area contributed by atoms with Crippen molar-refractivity contribution in [1.82, 2.24) is 0 Å². The number of aliphatic hydroxyl groups is 1. The topological polar surface area (TPSA) is 20.2 Å². The van der Waals surface area contributed by atoms with Gasteiger partial charge in [-0.05, 0) is 65.7 Å². The lowest BCUT2D eigenvalue weighted by atomic mass is 9.72. The minimum absolute atomic E-state index is 0.119. The Morgan fingerprint density at radius 1 is 1.48 bits per heavy atom. The fraction of sp³-hybridized carbons (Fsp3) is 0.500. The van der Waals surface area contributed by atoms with Crippen LogP contribution in [0.5, 0.6) is 0 Å². The van der Waals surface area contributed by atoms with Crippen LogP contribution in [-0.4, -0.2) is 11.2 Å². The first-order chi connectivity index (χ1) is 10.9. The average Bonchev–Trinajstić information content (AvgIpc) is 2.55. The number of allylic oxidation sites excluding steroid dienone is 7. The van der Waals surface area contributed by atoms with E-state index in [1.165, 1.54) is 5.57 Å². The summed E-state index contributed by atoms with van der Waals surface area (Å²) in [6.07, 6.45) is 14.8. The summed E-state index contributed by atoms with van der Waals surface area (Å²) >= 11 is 0. The van der Waals surface area contributed by atoms with E-state index in [2.05, 4.69) is 70.0 Å². The van der Waals surface area contributed by atoms with Gasteiger partial charge in [-0.25, -0.2) is 0 Å². The Bertz CT molecular complexity index is 571. The van der Waals surface area contributed by atoms with Gasteiger partial charge in [0.05, 0.1) is 6.10 Å². The van der Waals surface area contributed by atoms with Crippen LogP contribution < -0.4 is 0 Å². The number of hydrogen-bond acceptors (Lipinski definition) is 1. The SMILES string of the molecule is C=CC(=C)C1=CC(CC(C)C=C=CC2C[C@@H](O)C2C)C(C)C=C1. The van der Waals surface area contributed by atoms with Crippen LogP contribution in [0, 0.1) is 29.6 Å². The van der Waals surface area contributed by atoms with E-state index in [9.17, 15) is 5.11 Å². The zero-order valence-corrected chi connectivity index (χ0v) is 14.7. The lowest BCUT2D eigenvalue weighted by Crippen LogP contribution is -2.37. The fourth-order valence-electron chi connectivity index (χ4n) is 3.31. The average molecular weight is 310 g/mol. The van der Waals surface area contributed by atoms with Gasteiger partial charge in [-0.15, -0.1) is 5.73 Å². The lowest BCUT2D eigenvalue weighted by Gasteiger charge is -2.36. The molecule has 2 rings (SSSR count). The Kier molecular flexibility index (Phi) is 6.04. The first-order valence-corrected chi connectivity index (χ1v) is 8.75. The highest BCUT2D eigenvalue weighted by Crippen LogP contribution is 2.35. The van der Waals surface area contributed by atoms with Crippen LogP contribution in [0.25, 0.3) is 0 Å². The molecule has 2 aliphatic carbocycles. The summed E-state index contributed by atoms with van der Waals surface area (Å²) in [4.78, 5) is 0. The molecular weight excluding hydrogens is 280 g/mol. The molecule has 0 radical (unpaired) electrons. The fourth-order valence-corrected chi connectivity index (χ4v) is 3.31. The molecule has 0 aliphatic heterocycles. The molecule has 0 bridgehead atoms. The third-order valence-electron chi connectivity index (χ3n) is 5.40. The normalized spacial score (nSPS) is 33.7. The second-order valence-electron chi connectivity index (χ2n) is 7.27. The zero-order chi connectivity index (χ0) is 17.0. The quantitative estimate of drug-likeness (QED) is 0.526. The largest absolute Gasteiger partial charge is 0.393 e. The second-order valence-corrected chi connectivity index (χ2v) is 7.27. The van der Waals surface area contributed by atoms with Crippen LogP contribution in [-0.2, 0) is 0 Å². The first kappa shape index (κ1) is 17.8. The highest BCUT2D eigenvalue weighted by Gasteiger charge is 2.34. The molecule has 0 amide bonds. The van der Waals surface area contributed by atoms with Gasteiger partial charge in [0.15, 0.2) is 0 Å². The minimum Gasteiger partial charge on any atom is -0.393 e. The van der Waals surface area contributed by atoms with Gasteiger partial charge in [-0.3, -0.25) is 0 Å². The summed E-state index contributed by atoms with van der Waals surface area (Å²) in [6.45, 7) is 14.5. The molecule has 0 aromatic heterocycles. The van der Waals surface area contributed by atoms with Gasteiger partial charge < -0.3 is 5.11 Å². The van der Waals surface area contributed by atoms with Crippen molar-refractivity contribution in [2.75, 3.05) is 0 Å². The summed E-state index contributed by atoms with van der Waals surface area (Å²) in [5.41, 5.74) is 5.55. The van der Waals surface area contributed by atoms with Gasteiger partial charge in [0, 0.05) is 0 Å². The predicted molar refractivity (Wildman–Crippen MR) is 98.9 cm³/mol. The molecule has 1 saturated carbocycles. The smallest absolute Gasteiger partial charge is 0.0577 e. The third-order valence-corrected chi connectivity index (χ3v) is 5.40. The van der Waals surface area contributed by atoms with Gasteiger partial charge in [0.25, 0.3) is 0 Å². The van der Waals surface area contributed by atoms with E-state index in [1.807, 2.05) is 6.08 Å². The summed E-state index contributed by atoms with van der Waals surface area (Å²) in [6, 6.07) is 0.